The van der Waals surface area contributed by atoms with Crippen molar-refractivity contribution in [2.45, 2.75) is 24.6 Å². The molecule has 2 atom stereocenters. The number of halogens is 2. The Labute approximate surface area is 104 Å². The van der Waals surface area contributed by atoms with Gasteiger partial charge in [-0.25, -0.2) is 0 Å². The summed E-state index contributed by atoms with van der Waals surface area (Å²) in [5, 5.41) is 3.76. The smallest absolute Gasteiger partial charge is 0.0590 e. The third kappa shape index (κ3) is 2.85. The molecule has 0 bridgehead atoms. The van der Waals surface area contributed by atoms with Gasteiger partial charge in [0.15, 0.2) is 0 Å². The van der Waals surface area contributed by atoms with Gasteiger partial charge in [0.25, 0.3) is 0 Å². The number of hydrogen-bond donors (Lipinski definition) is 1. The average Bonchev–Trinajstić information content (AvgIpc) is 2.63. The Morgan fingerprint density at radius 3 is 3.07 bits per heavy atom. The third-order valence-electron chi connectivity index (χ3n) is 2.89. The lowest BCUT2D eigenvalue weighted by atomic mass is 10.1. The maximum absolute atomic E-state index is 6.22. The molecule has 2 nitrogen and oxygen atoms in total. The van der Waals surface area contributed by atoms with E-state index in [-0.39, 0.29) is 0 Å². The summed E-state index contributed by atoms with van der Waals surface area (Å²) >= 11 is 9.68. The molecule has 1 saturated carbocycles. The van der Waals surface area contributed by atoms with Crippen molar-refractivity contribution in [2.24, 2.45) is 5.92 Å². The van der Waals surface area contributed by atoms with Gasteiger partial charge in [0, 0.05) is 24.3 Å². The van der Waals surface area contributed by atoms with Gasteiger partial charge >= 0.3 is 0 Å². The second-order valence-corrected chi connectivity index (χ2v) is 5.36. The van der Waals surface area contributed by atoms with E-state index in [1.54, 1.807) is 12.4 Å². The first-order valence-corrected chi connectivity index (χ1v) is 6.48. The van der Waals surface area contributed by atoms with Gasteiger partial charge in [0.1, 0.15) is 0 Å². The van der Waals surface area contributed by atoms with Gasteiger partial charge in [0.2, 0.25) is 0 Å². The van der Waals surface area contributed by atoms with Crippen LogP contribution in [0.3, 0.4) is 0 Å². The zero-order valence-corrected chi connectivity index (χ0v) is 10.8. The van der Waals surface area contributed by atoms with Crippen molar-refractivity contribution in [1.29, 1.82) is 0 Å². The Morgan fingerprint density at radius 2 is 2.40 bits per heavy atom. The first kappa shape index (κ1) is 11.2. The van der Waals surface area contributed by atoms with E-state index >= 15 is 0 Å². The van der Waals surface area contributed by atoms with Crippen LogP contribution in [0.5, 0.6) is 0 Å². The molecule has 0 radical (unpaired) electrons. The SMILES string of the molecule is ClC1CCCC1CNc1ccncc1Br. The van der Waals surface area contributed by atoms with Crippen molar-refractivity contribution in [3.63, 3.8) is 0 Å². The molecule has 82 valence electrons. The van der Waals surface area contributed by atoms with Crippen molar-refractivity contribution in [1.82, 2.24) is 4.98 Å². The highest BCUT2D eigenvalue weighted by atomic mass is 79.9. The van der Waals surface area contributed by atoms with Crippen molar-refractivity contribution >= 4 is 33.2 Å². The van der Waals surface area contributed by atoms with Gasteiger partial charge in [-0.3, -0.25) is 4.98 Å². The largest absolute Gasteiger partial charge is 0.384 e. The fourth-order valence-corrected chi connectivity index (χ4v) is 2.74. The van der Waals surface area contributed by atoms with E-state index in [9.17, 15) is 0 Å². The molecule has 2 unspecified atom stereocenters. The Balaban J connectivity index is 1.90. The molecule has 1 aliphatic rings. The number of anilines is 1. The standard InChI is InChI=1S/C11H14BrClN2/c12-9-7-14-5-4-11(9)15-6-8-2-1-3-10(8)13/h4-5,7-8,10H,1-3,6H2,(H,14,15). The second-order valence-electron chi connectivity index (χ2n) is 3.94. The molecule has 0 aliphatic heterocycles. The van der Waals surface area contributed by atoms with E-state index in [4.69, 9.17) is 11.6 Å². The Bertz CT molecular complexity index is 332. The predicted octanol–water partition coefficient (Wildman–Crippen LogP) is 3.66. The lowest BCUT2D eigenvalue weighted by Crippen LogP contribution is -2.18. The van der Waals surface area contributed by atoms with Gasteiger partial charge in [-0.05, 0) is 40.8 Å². The Kier molecular flexibility index (Phi) is 3.87. The summed E-state index contributed by atoms with van der Waals surface area (Å²) < 4.78 is 1.01. The summed E-state index contributed by atoms with van der Waals surface area (Å²) in [5.41, 5.74) is 1.10. The van der Waals surface area contributed by atoms with Crippen LogP contribution >= 0.6 is 27.5 Å². The highest BCUT2D eigenvalue weighted by Gasteiger charge is 2.24. The molecule has 1 N–H and O–H groups in total. The number of hydrogen-bond acceptors (Lipinski definition) is 2. The second kappa shape index (κ2) is 5.17. The molecule has 0 spiro atoms. The number of nitrogens with zero attached hydrogens (tertiary/aromatic N) is 1. The molecule has 0 aromatic carbocycles. The monoisotopic (exact) mass is 288 g/mol. The molecule has 1 aliphatic carbocycles. The maximum atomic E-state index is 6.22. The first-order valence-electron chi connectivity index (χ1n) is 5.25. The summed E-state index contributed by atoms with van der Waals surface area (Å²) in [6, 6.07) is 1.97. The first-order chi connectivity index (χ1) is 7.27. The summed E-state index contributed by atoms with van der Waals surface area (Å²) in [5.74, 6) is 0.603. The minimum atomic E-state index is 0.345. The van der Waals surface area contributed by atoms with Crippen LogP contribution in [-0.2, 0) is 0 Å². The highest BCUT2D eigenvalue weighted by molar-refractivity contribution is 9.10. The van der Waals surface area contributed by atoms with Crippen LogP contribution in [0.4, 0.5) is 5.69 Å². The topological polar surface area (TPSA) is 24.9 Å². The summed E-state index contributed by atoms with van der Waals surface area (Å²) in [7, 11) is 0. The van der Waals surface area contributed by atoms with E-state index < -0.39 is 0 Å². The summed E-state index contributed by atoms with van der Waals surface area (Å²) in [4.78, 5) is 4.03. The number of nitrogens with one attached hydrogen (secondary N) is 1. The maximum Gasteiger partial charge on any atom is 0.0590 e. The molecular weight excluding hydrogens is 275 g/mol. The fraction of sp³-hybridized carbons (Fsp3) is 0.545. The number of alkyl halides is 1. The molecule has 0 amide bonds. The van der Waals surface area contributed by atoms with Crippen LogP contribution < -0.4 is 5.32 Å². The lowest BCUT2D eigenvalue weighted by molar-refractivity contribution is 0.586. The van der Waals surface area contributed by atoms with Gasteiger partial charge < -0.3 is 5.32 Å². The van der Waals surface area contributed by atoms with E-state index in [0.717, 1.165) is 23.1 Å². The van der Waals surface area contributed by atoms with Crippen LogP contribution in [0.1, 0.15) is 19.3 Å². The molecular formula is C11H14BrClN2. The van der Waals surface area contributed by atoms with Gasteiger partial charge in [-0.1, -0.05) is 6.42 Å². The lowest BCUT2D eigenvalue weighted by Gasteiger charge is -2.15. The number of rotatable bonds is 3. The zero-order valence-electron chi connectivity index (χ0n) is 8.42. The summed E-state index contributed by atoms with van der Waals surface area (Å²) in [6.45, 7) is 0.955. The van der Waals surface area contributed by atoms with Crippen molar-refractivity contribution < 1.29 is 0 Å². The number of pyridine rings is 1. The van der Waals surface area contributed by atoms with Crippen molar-refractivity contribution in [3.8, 4) is 0 Å². The molecule has 0 saturated heterocycles. The van der Waals surface area contributed by atoms with Crippen molar-refractivity contribution in [2.75, 3.05) is 11.9 Å². The highest BCUT2D eigenvalue weighted by Crippen LogP contribution is 2.30. The normalized spacial score (nSPS) is 25.5. The molecule has 1 heterocycles. The van der Waals surface area contributed by atoms with Crippen LogP contribution in [0.15, 0.2) is 22.9 Å². The molecule has 2 rings (SSSR count). The minimum Gasteiger partial charge on any atom is -0.384 e. The van der Waals surface area contributed by atoms with Crippen LogP contribution in [-0.4, -0.2) is 16.9 Å². The molecule has 1 aromatic rings. The molecule has 1 fully saturated rings. The van der Waals surface area contributed by atoms with Crippen LogP contribution in [0.25, 0.3) is 0 Å². The average molecular weight is 290 g/mol. The molecule has 1 aromatic heterocycles. The van der Waals surface area contributed by atoms with Crippen molar-refractivity contribution in [3.05, 3.63) is 22.9 Å². The Morgan fingerprint density at radius 1 is 1.53 bits per heavy atom. The number of aromatic nitrogens is 1. The van der Waals surface area contributed by atoms with Crippen LogP contribution in [0, 0.1) is 5.92 Å². The van der Waals surface area contributed by atoms with Gasteiger partial charge in [-0.2, -0.15) is 0 Å². The molecule has 15 heavy (non-hydrogen) atoms. The van der Waals surface area contributed by atoms with E-state index in [1.807, 2.05) is 6.07 Å². The predicted molar refractivity (Wildman–Crippen MR) is 67.4 cm³/mol. The minimum absolute atomic E-state index is 0.345. The Hall–Kier alpha value is -0.280. The zero-order chi connectivity index (χ0) is 10.7. The van der Waals surface area contributed by atoms with Gasteiger partial charge in [-0.15, -0.1) is 11.6 Å². The summed E-state index contributed by atoms with van der Waals surface area (Å²) in [6.07, 6.45) is 7.25. The third-order valence-corrected chi connectivity index (χ3v) is 4.10. The quantitative estimate of drug-likeness (QED) is 0.859. The van der Waals surface area contributed by atoms with E-state index in [1.165, 1.54) is 12.8 Å². The fourth-order valence-electron chi connectivity index (χ4n) is 1.98. The van der Waals surface area contributed by atoms with E-state index in [2.05, 4.69) is 26.2 Å². The van der Waals surface area contributed by atoms with Crippen LogP contribution in [0.2, 0.25) is 0 Å². The van der Waals surface area contributed by atoms with Gasteiger partial charge in [0.05, 0.1) is 10.2 Å². The van der Waals surface area contributed by atoms with E-state index in [0.29, 0.717) is 11.3 Å². The molecule has 4 heteroatoms.